The molecule has 0 aliphatic carbocycles. The summed E-state index contributed by atoms with van der Waals surface area (Å²) < 4.78 is 11.2. The monoisotopic (exact) mass is 471 g/mol. The lowest BCUT2D eigenvalue weighted by Gasteiger charge is -2.20. The molecule has 2 aromatic carbocycles. The van der Waals surface area contributed by atoms with Gasteiger partial charge in [0.1, 0.15) is 5.82 Å². The zero-order valence-electron chi connectivity index (χ0n) is 17.2. The Morgan fingerprint density at radius 1 is 1.00 bits per heavy atom. The predicted molar refractivity (Wildman–Crippen MR) is 129 cm³/mol. The zero-order chi connectivity index (χ0) is 22.6. The molecule has 0 amide bonds. The first-order valence-corrected chi connectivity index (χ1v) is 10.9. The minimum Gasteiger partial charge on any atom is -0.383 e. The number of nitrogens with zero attached hydrogens (tertiary/aromatic N) is 2. The van der Waals surface area contributed by atoms with E-state index in [-0.39, 0.29) is 11.8 Å². The fraction of sp³-hybridized carbons (Fsp3) is 0.217. The third-order valence-corrected chi connectivity index (χ3v) is 5.65. The molecule has 166 valence electrons. The van der Waals surface area contributed by atoms with Crippen molar-refractivity contribution < 1.29 is 9.47 Å². The normalized spacial score (nSPS) is 15.3. The summed E-state index contributed by atoms with van der Waals surface area (Å²) in [6, 6.07) is 15.3. The predicted octanol–water partition coefficient (Wildman–Crippen LogP) is 4.57. The van der Waals surface area contributed by atoms with Gasteiger partial charge in [-0.15, -0.1) is 11.6 Å². The minimum absolute atomic E-state index is 0.127. The second-order valence-corrected chi connectivity index (χ2v) is 7.95. The van der Waals surface area contributed by atoms with E-state index in [1.54, 1.807) is 12.1 Å². The molecule has 7 nitrogen and oxygen atoms in total. The van der Waals surface area contributed by atoms with E-state index in [1.807, 2.05) is 48.6 Å². The van der Waals surface area contributed by atoms with Crippen molar-refractivity contribution in [3.05, 3.63) is 70.9 Å². The van der Waals surface area contributed by atoms with Crippen molar-refractivity contribution in [3.63, 3.8) is 0 Å². The summed E-state index contributed by atoms with van der Waals surface area (Å²) >= 11 is 12.0. The van der Waals surface area contributed by atoms with Gasteiger partial charge < -0.3 is 26.3 Å². The van der Waals surface area contributed by atoms with Gasteiger partial charge in [0.2, 0.25) is 11.7 Å². The summed E-state index contributed by atoms with van der Waals surface area (Å²) in [4.78, 5) is 8.51. The molecule has 0 bridgehead atoms. The van der Waals surface area contributed by atoms with Gasteiger partial charge in [0.25, 0.3) is 0 Å². The van der Waals surface area contributed by atoms with Gasteiger partial charge >= 0.3 is 0 Å². The molecule has 0 spiro atoms. The van der Waals surface area contributed by atoms with Crippen LogP contribution in [0, 0.1) is 0 Å². The number of ether oxygens (including phenoxy) is 2. The lowest BCUT2D eigenvalue weighted by atomic mass is 10.0. The Morgan fingerprint density at radius 2 is 1.69 bits per heavy atom. The number of hydrogen-bond donors (Lipinski definition) is 3. The minimum atomic E-state index is -0.844. The first-order valence-electron chi connectivity index (χ1n) is 10.0. The maximum atomic E-state index is 6.16. The van der Waals surface area contributed by atoms with Gasteiger partial charge in [-0.1, -0.05) is 41.9 Å². The summed E-state index contributed by atoms with van der Waals surface area (Å²) in [5.74, 6) is -0.156. The van der Waals surface area contributed by atoms with Gasteiger partial charge in [-0.2, -0.15) is 4.98 Å². The molecule has 32 heavy (non-hydrogen) atoms. The number of nitrogens with two attached hydrogens (primary N) is 2. The van der Waals surface area contributed by atoms with Crippen LogP contribution in [0.1, 0.15) is 11.3 Å². The van der Waals surface area contributed by atoms with Gasteiger partial charge in [-0.3, -0.25) is 0 Å². The molecule has 2 heterocycles. The van der Waals surface area contributed by atoms with Crippen LogP contribution in [0.25, 0.3) is 17.2 Å². The number of rotatable bonds is 7. The summed E-state index contributed by atoms with van der Waals surface area (Å²) in [5, 5.41) is 4.00. The molecule has 1 aromatic heterocycles. The van der Waals surface area contributed by atoms with Crippen molar-refractivity contribution in [2.24, 2.45) is 0 Å². The largest absolute Gasteiger partial charge is 0.383 e. The van der Waals surface area contributed by atoms with E-state index in [4.69, 9.17) is 44.1 Å². The molecule has 9 heteroatoms. The number of anilines is 3. The summed E-state index contributed by atoms with van der Waals surface area (Å²) in [5.41, 5.74) is 16.2. The first kappa shape index (κ1) is 22.4. The van der Waals surface area contributed by atoms with Crippen molar-refractivity contribution in [1.82, 2.24) is 9.97 Å². The molecule has 0 atom stereocenters. The van der Waals surface area contributed by atoms with Gasteiger partial charge in [-0.05, 0) is 41.5 Å². The van der Waals surface area contributed by atoms with Crippen molar-refractivity contribution in [1.29, 1.82) is 0 Å². The SMILES string of the molecule is Nc1nc(N)c(-c2ccc(Cl)cc2)c(CNc2ccc(C=CC3(CCl)OCCO3)cc2)n1. The first-order chi connectivity index (χ1) is 15.5. The van der Waals surface area contributed by atoms with Gasteiger partial charge in [0, 0.05) is 16.3 Å². The van der Waals surface area contributed by atoms with E-state index in [2.05, 4.69) is 15.3 Å². The lowest BCUT2D eigenvalue weighted by molar-refractivity contribution is -0.0959. The topological polar surface area (TPSA) is 108 Å². The summed E-state index contributed by atoms with van der Waals surface area (Å²) in [6.45, 7) is 1.49. The molecule has 0 saturated carbocycles. The van der Waals surface area contributed by atoms with Crippen LogP contribution in [0.15, 0.2) is 54.6 Å². The maximum Gasteiger partial charge on any atom is 0.222 e. The average Bonchev–Trinajstić information content (AvgIpc) is 3.27. The fourth-order valence-electron chi connectivity index (χ4n) is 3.41. The lowest BCUT2D eigenvalue weighted by Crippen LogP contribution is -2.29. The van der Waals surface area contributed by atoms with Crippen LogP contribution in [-0.2, 0) is 16.0 Å². The summed E-state index contributed by atoms with van der Waals surface area (Å²) in [6.07, 6.45) is 3.78. The van der Waals surface area contributed by atoms with Crippen LogP contribution in [-0.4, -0.2) is 34.8 Å². The molecule has 5 N–H and O–H groups in total. The number of nitrogens with one attached hydrogen (secondary N) is 1. The van der Waals surface area contributed by atoms with E-state index in [0.29, 0.717) is 36.3 Å². The zero-order valence-corrected chi connectivity index (χ0v) is 18.7. The molecule has 1 aliphatic heterocycles. The van der Waals surface area contributed by atoms with Crippen LogP contribution in [0.5, 0.6) is 0 Å². The van der Waals surface area contributed by atoms with Crippen molar-refractivity contribution >= 4 is 46.7 Å². The molecule has 0 radical (unpaired) electrons. The molecular weight excluding hydrogens is 449 g/mol. The van der Waals surface area contributed by atoms with Gasteiger partial charge in [-0.25, -0.2) is 4.98 Å². The molecule has 4 rings (SSSR count). The fourth-order valence-corrected chi connectivity index (χ4v) is 3.78. The second kappa shape index (κ2) is 9.75. The van der Waals surface area contributed by atoms with Crippen molar-refractivity contribution in [3.8, 4) is 11.1 Å². The third-order valence-electron chi connectivity index (χ3n) is 5.02. The smallest absolute Gasteiger partial charge is 0.222 e. The maximum absolute atomic E-state index is 6.16. The Kier molecular flexibility index (Phi) is 6.81. The van der Waals surface area contributed by atoms with Crippen LogP contribution in [0.3, 0.4) is 0 Å². The number of benzene rings is 2. The van der Waals surface area contributed by atoms with E-state index in [0.717, 1.165) is 22.4 Å². The highest BCUT2D eigenvalue weighted by molar-refractivity contribution is 6.30. The van der Waals surface area contributed by atoms with E-state index in [9.17, 15) is 0 Å². The number of nitrogen functional groups attached to an aromatic ring is 2. The van der Waals surface area contributed by atoms with Gasteiger partial charge in [0.15, 0.2) is 0 Å². The highest BCUT2D eigenvalue weighted by Gasteiger charge is 2.32. The Bertz CT molecular complexity index is 1100. The van der Waals surface area contributed by atoms with Gasteiger partial charge in [0.05, 0.1) is 31.3 Å². The highest BCUT2D eigenvalue weighted by Crippen LogP contribution is 2.30. The van der Waals surface area contributed by atoms with Crippen molar-refractivity contribution in [2.45, 2.75) is 12.3 Å². The molecule has 1 saturated heterocycles. The Labute approximate surface area is 196 Å². The van der Waals surface area contributed by atoms with Crippen LogP contribution >= 0.6 is 23.2 Å². The van der Waals surface area contributed by atoms with Crippen molar-refractivity contribution in [2.75, 3.05) is 35.9 Å². The molecule has 1 fully saturated rings. The number of halogens is 2. The van der Waals surface area contributed by atoms with Crippen LogP contribution in [0.4, 0.5) is 17.5 Å². The molecule has 0 unspecified atom stereocenters. The number of aromatic nitrogens is 2. The van der Waals surface area contributed by atoms with Crippen LogP contribution in [0.2, 0.25) is 5.02 Å². The highest BCUT2D eigenvalue weighted by atomic mass is 35.5. The Morgan fingerprint density at radius 3 is 2.34 bits per heavy atom. The molecule has 1 aliphatic rings. The average molecular weight is 472 g/mol. The second-order valence-electron chi connectivity index (χ2n) is 7.25. The molecule has 3 aromatic rings. The Hall–Kier alpha value is -2.84. The number of alkyl halides is 1. The summed E-state index contributed by atoms with van der Waals surface area (Å²) in [7, 11) is 0. The number of hydrogen-bond acceptors (Lipinski definition) is 7. The van der Waals surface area contributed by atoms with E-state index < -0.39 is 5.79 Å². The standard InChI is InChI=1S/C23H23Cl2N5O2/c24-14-23(31-11-12-32-23)10-9-15-1-7-18(8-2-15)28-13-19-20(21(26)30-22(27)29-19)16-3-5-17(25)6-4-16/h1-10,28H,11-14H2,(H4,26,27,29,30). The quantitative estimate of drug-likeness (QED) is 0.433. The van der Waals surface area contributed by atoms with Crippen LogP contribution < -0.4 is 16.8 Å². The van der Waals surface area contributed by atoms with E-state index >= 15 is 0 Å². The third kappa shape index (κ3) is 5.14. The molecular formula is C23H23Cl2N5O2. The Balaban J connectivity index is 1.48. The van der Waals surface area contributed by atoms with E-state index in [1.165, 1.54) is 0 Å².